The number of carbonyl (C=O) groups excluding carboxylic acids is 1. The van der Waals surface area contributed by atoms with Gasteiger partial charge >= 0.3 is 5.97 Å². The minimum Gasteiger partial charge on any atom is -0.425 e. The zero-order chi connectivity index (χ0) is 20.4. The van der Waals surface area contributed by atoms with E-state index in [2.05, 4.69) is 0 Å². The van der Waals surface area contributed by atoms with Crippen LogP contribution in [-0.2, 0) is 16.0 Å². The first-order valence-electron chi connectivity index (χ1n) is 9.17. The van der Waals surface area contributed by atoms with Gasteiger partial charge in [0.15, 0.2) is 0 Å². The van der Waals surface area contributed by atoms with Gasteiger partial charge in [-0.25, -0.2) is 0 Å². The van der Waals surface area contributed by atoms with Gasteiger partial charge in [-0.3, -0.25) is 4.79 Å². The molecule has 146 valence electrons. The molecule has 0 aliphatic heterocycles. The van der Waals surface area contributed by atoms with E-state index in [1.54, 1.807) is 66.7 Å². The van der Waals surface area contributed by atoms with Crippen molar-refractivity contribution in [3.8, 4) is 5.75 Å². The van der Waals surface area contributed by atoms with Crippen LogP contribution >= 0.6 is 23.2 Å². The topological polar surface area (TPSA) is 66.8 Å². The summed E-state index contributed by atoms with van der Waals surface area (Å²) in [7, 11) is 0. The van der Waals surface area contributed by atoms with Gasteiger partial charge < -0.3 is 14.9 Å². The quantitative estimate of drug-likeness (QED) is 0.470. The highest BCUT2D eigenvalue weighted by Gasteiger charge is 2.62. The third kappa shape index (κ3) is 2.50. The molecular weight excluding hydrogens is 411 g/mol. The van der Waals surface area contributed by atoms with Crippen LogP contribution in [0.5, 0.6) is 5.75 Å². The van der Waals surface area contributed by atoms with Crippen molar-refractivity contribution in [2.24, 2.45) is 5.92 Å². The zero-order valence-corrected chi connectivity index (χ0v) is 16.6. The molecule has 0 saturated carbocycles. The molecule has 0 saturated heterocycles. The number of halogens is 2. The fraction of sp³-hybridized carbons (Fsp3) is 0.174. The Morgan fingerprint density at radius 2 is 1.55 bits per heavy atom. The van der Waals surface area contributed by atoms with Crippen LogP contribution in [0.2, 0.25) is 10.0 Å². The van der Waals surface area contributed by atoms with Crippen LogP contribution in [0.1, 0.15) is 28.7 Å². The summed E-state index contributed by atoms with van der Waals surface area (Å²) in [6.45, 7) is 0. The summed E-state index contributed by atoms with van der Waals surface area (Å²) in [6.07, 6.45) is -0.0306. The highest BCUT2D eigenvalue weighted by Crippen LogP contribution is 2.60. The molecule has 0 heterocycles. The first-order valence-corrected chi connectivity index (χ1v) is 9.93. The van der Waals surface area contributed by atoms with Crippen LogP contribution < -0.4 is 4.74 Å². The fourth-order valence-corrected chi connectivity index (χ4v) is 5.00. The molecule has 3 unspecified atom stereocenters. The summed E-state index contributed by atoms with van der Waals surface area (Å²) < 4.78 is 5.53. The molecule has 4 nitrogen and oxygen atoms in total. The van der Waals surface area contributed by atoms with Crippen LogP contribution in [0, 0.1) is 5.92 Å². The predicted octanol–water partition coefficient (Wildman–Crippen LogP) is 4.40. The number of hydrogen-bond donors (Lipinski definition) is 2. The van der Waals surface area contributed by atoms with E-state index >= 15 is 0 Å². The van der Waals surface area contributed by atoms with Crippen LogP contribution in [-0.4, -0.2) is 16.2 Å². The van der Waals surface area contributed by atoms with Crippen LogP contribution in [0.3, 0.4) is 0 Å². The first-order chi connectivity index (χ1) is 13.9. The van der Waals surface area contributed by atoms with Gasteiger partial charge in [-0.05, 0) is 46.5 Å². The number of fused-ring (bicyclic) bond motifs is 1. The predicted molar refractivity (Wildman–Crippen MR) is 109 cm³/mol. The number of hydrogen-bond acceptors (Lipinski definition) is 4. The van der Waals surface area contributed by atoms with Gasteiger partial charge in [0, 0.05) is 11.4 Å². The maximum Gasteiger partial charge on any atom is 0.318 e. The van der Waals surface area contributed by atoms with Gasteiger partial charge in [0.2, 0.25) is 0 Å². The van der Waals surface area contributed by atoms with E-state index in [0.717, 1.165) is 0 Å². The van der Waals surface area contributed by atoms with Gasteiger partial charge in [0.25, 0.3) is 0 Å². The second-order valence-electron chi connectivity index (χ2n) is 7.47. The van der Waals surface area contributed by atoms with Crippen molar-refractivity contribution in [1.82, 2.24) is 0 Å². The molecule has 0 radical (unpaired) electrons. The molecule has 2 bridgehead atoms. The number of benzene rings is 3. The molecule has 29 heavy (non-hydrogen) atoms. The standard InChI is InChI=1S/C23H16Cl2O4/c24-13-9-10-16-17(11-13)22(27)12-18(21(26)29-20-8-4-3-7-19(20)25)23(16,28)15-6-2-1-5-14(15)22/h1-11,18,27-28H,12H2. The van der Waals surface area contributed by atoms with Gasteiger partial charge in [0.1, 0.15) is 17.0 Å². The van der Waals surface area contributed by atoms with Gasteiger partial charge in [-0.1, -0.05) is 65.7 Å². The van der Waals surface area contributed by atoms with Gasteiger partial charge in [-0.15, -0.1) is 0 Å². The Bertz CT molecular complexity index is 1160. The molecule has 3 aromatic rings. The van der Waals surface area contributed by atoms with E-state index in [9.17, 15) is 15.0 Å². The Morgan fingerprint density at radius 1 is 0.897 bits per heavy atom. The Balaban J connectivity index is 1.68. The summed E-state index contributed by atoms with van der Waals surface area (Å²) in [5, 5.41) is 24.4. The van der Waals surface area contributed by atoms with Crippen LogP contribution in [0.4, 0.5) is 0 Å². The van der Waals surface area contributed by atoms with E-state index < -0.39 is 23.1 Å². The lowest BCUT2D eigenvalue weighted by Gasteiger charge is -2.53. The van der Waals surface area contributed by atoms with Crippen molar-refractivity contribution in [2.45, 2.75) is 17.6 Å². The molecule has 0 fully saturated rings. The average molecular weight is 427 g/mol. The average Bonchev–Trinajstić information content (AvgIpc) is 2.71. The summed E-state index contributed by atoms with van der Waals surface area (Å²) in [5.74, 6) is -1.47. The summed E-state index contributed by atoms with van der Waals surface area (Å²) in [4.78, 5) is 13.2. The fourth-order valence-electron chi connectivity index (χ4n) is 4.66. The maximum atomic E-state index is 13.2. The number of ether oxygens (including phenoxy) is 1. The Kier molecular flexibility index (Phi) is 4.06. The van der Waals surface area contributed by atoms with Crippen molar-refractivity contribution in [3.05, 3.63) is 99.0 Å². The minimum absolute atomic E-state index is 0.0306. The number of esters is 1. The lowest BCUT2D eigenvalue weighted by Crippen LogP contribution is -2.57. The second kappa shape index (κ2) is 6.31. The maximum absolute atomic E-state index is 13.2. The number of carbonyl (C=O) groups is 1. The molecule has 6 heteroatoms. The summed E-state index contributed by atoms with van der Waals surface area (Å²) in [6, 6.07) is 18.6. The van der Waals surface area contributed by atoms with Gasteiger partial charge in [0.05, 0.1) is 10.9 Å². The van der Waals surface area contributed by atoms with E-state index in [1.165, 1.54) is 0 Å². The summed E-state index contributed by atoms with van der Waals surface area (Å²) in [5.41, 5.74) is -1.10. The Hall–Kier alpha value is -2.37. The van der Waals surface area contributed by atoms with E-state index in [-0.39, 0.29) is 12.2 Å². The van der Waals surface area contributed by atoms with Crippen molar-refractivity contribution < 1.29 is 19.7 Å². The second-order valence-corrected chi connectivity index (χ2v) is 8.31. The monoisotopic (exact) mass is 426 g/mol. The van der Waals surface area contributed by atoms with Crippen LogP contribution in [0.15, 0.2) is 66.7 Å². The Labute approximate surface area is 177 Å². The van der Waals surface area contributed by atoms with Crippen molar-refractivity contribution in [2.75, 3.05) is 0 Å². The lowest BCUT2D eigenvalue weighted by molar-refractivity contribution is -0.157. The zero-order valence-electron chi connectivity index (χ0n) is 15.1. The highest BCUT2D eigenvalue weighted by molar-refractivity contribution is 6.32. The molecule has 3 atom stereocenters. The molecular formula is C23H16Cl2O4. The lowest BCUT2D eigenvalue weighted by atomic mass is 9.54. The SMILES string of the molecule is O=C(Oc1ccccc1Cl)C1CC2(O)c3ccccc3C1(O)c1ccc(Cl)cc12. The smallest absolute Gasteiger partial charge is 0.318 e. The Morgan fingerprint density at radius 3 is 2.31 bits per heavy atom. The molecule has 0 spiro atoms. The third-order valence-electron chi connectivity index (χ3n) is 5.96. The number of rotatable bonds is 2. The molecule has 0 aromatic heterocycles. The van der Waals surface area contributed by atoms with Crippen LogP contribution in [0.25, 0.3) is 0 Å². The molecule has 3 aliphatic rings. The minimum atomic E-state index is -1.65. The molecule has 3 aliphatic carbocycles. The normalized spacial score (nSPS) is 26.6. The summed E-state index contributed by atoms with van der Waals surface area (Å²) >= 11 is 12.3. The molecule has 0 amide bonds. The van der Waals surface area contributed by atoms with Crippen molar-refractivity contribution >= 4 is 29.2 Å². The first kappa shape index (κ1) is 18.6. The molecule has 6 rings (SSSR count). The van der Waals surface area contributed by atoms with Crippen molar-refractivity contribution in [1.29, 1.82) is 0 Å². The third-order valence-corrected chi connectivity index (χ3v) is 6.50. The number of aliphatic hydroxyl groups is 2. The van der Waals surface area contributed by atoms with Gasteiger partial charge in [-0.2, -0.15) is 0 Å². The molecule has 2 N–H and O–H groups in total. The molecule has 3 aromatic carbocycles. The largest absolute Gasteiger partial charge is 0.425 e. The van der Waals surface area contributed by atoms with Crippen molar-refractivity contribution in [3.63, 3.8) is 0 Å². The van der Waals surface area contributed by atoms with E-state index in [1.807, 2.05) is 0 Å². The van der Waals surface area contributed by atoms with E-state index in [4.69, 9.17) is 27.9 Å². The van der Waals surface area contributed by atoms with E-state index in [0.29, 0.717) is 32.3 Å². The number of para-hydroxylation sites is 1. The highest BCUT2D eigenvalue weighted by atomic mass is 35.5.